The molecule has 1 aliphatic rings. The number of rotatable bonds is 0. The Morgan fingerprint density at radius 2 is 2.33 bits per heavy atom. The molecule has 0 aromatic heterocycles. The zero-order valence-corrected chi connectivity index (χ0v) is 4.91. The van der Waals surface area contributed by atoms with Crippen LogP contribution in [0.5, 0.6) is 0 Å². The number of allylic oxidation sites excluding steroid dienone is 4. The smallest absolute Gasteiger partial charge is 0 e. The summed E-state index contributed by atoms with van der Waals surface area (Å²) in [4.78, 5) is 0. The van der Waals surface area contributed by atoms with Gasteiger partial charge in [0.05, 0.1) is 0 Å². The second-order valence-corrected chi connectivity index (χ2v) is 1.00. The van der Waals surface area contributed by atoms with Crippen LogP contribution < -0.4 is 0 Å². The molecule has 0 amide bonds. The van der Waals surface area contributed by atoms with Gasteiger partial charge in [-0.3, -0.25) is 6.08 Å². The summed E-state index contributed by atoms with van der Waals surface area (Å²) in [7, 11) is 0. The Bertz CT molecular complexity index is 62.0. The van der Waals surface area contributed by atoms with Crippen molar-refractivity contribution < 1.29 is 19.5 Å². The minimum absolute atomic E-state index is 0. The quantitative estimate of drug-likeness (QED) is 0.377. The van der Waals surface area contributed by atoms with Gasteiger partial charge in [-0.05, 0) is 0 Å². The summed E-state index contributed by atoms with van der Waals surface area (Å²) in [6.07, 6.45) is 10.0. The molecule has 0 atom stereocenters. The van der Waals surface area contributed by atoms with Crippen molar-refractivity contribution in [3.8, 4) is 0 Å². The summed E-state index contributed by atoms with van der Waals surface area (Å²) in [6, 6.07) is 0. The van der Waals surface area contributed by atoms with Gasteiger partial charge in [-0.25, -0.2) is 12.2 Å². The molecule has 35 valence electrons. The topological polar surface area (TPSA) is 0 Å². The van der Waals surface area contributed by atoms with Crippen molar-refractivity contribution >= 4 is 0 Å². The van der Waals surface area contributed by atoms with Crippen LogP contribution in [0.3, 0.4) is 0 Å². The van der Waals surface area contributed by atoms with Gasteiger partial charge in [-0.1, -0.05) is 0 Å². The van der Waals surface area contributed by atoms with E-state index in [9.17, 15) is 0 Å². The molecule has 0 saturated heterocycles. The molecule has 1 aliphatic carbocycles. The third-order valence-electron chi connectivity index (χ3n) is 0.586. The zero-order valence-electron chi connectivity index (χ0n) is 3.27. The molecule has 0 aromatic rings. The van der Waals surface area contributed by atoms with E-state index in [2.05, 4.69) is 12.2 Å². The van der Waals surface area contributed by atoms with Gasteiger partial charge in [-0.2, -0.15) is 6.08 Å². The predicted octanol–water partition coefficient (Wildman–Crippen LogP) is 1.30. The Labute approximate surface area is 50.7 Å². The Morgan fingerprint density at radius 3 is 2.50 bits per heavy atom. The molecule has 0 N–H and O–H groups in total. The second kappa shape index (κ2) is 3.30. The summed E-state index contributed by atoms with van der Waals surface area (Å²) >= 11 is 0. The maximum absolute atomic E-state index is 2.99. The van der Waals surface area contributed by atoms with Crippen molar-refractivity contribution in [2.24, 2.45) is 0 Å². The molecule has 6 heavy (non-hydrogen) atoms. The van der Waals surface area contributed by atoms with Gasteiger partial charge in [-0.15, -0.1) is 6.42 Å². The van der Waals surface area contributed by atoms with Crippen LogP contribution in [-0.2, 0) is 19.5 Å². The molecule has 0 heterocycles. The minimum Gasteiger partial charge on any atom is -0.273 e. The maximum atomic E-state index is 2.99. The first-order valence-corrected chi connectivity index (χ1v) is 1.72. The van der Waals surface area contributed by atoms with E-state index in [0.717, 1.165) is 6.42 Å². The Morgan fingerprint density at radius 1 is 1.50 bits per heavy atom. The van der Waals surface area contributed by atoms with Gasteiger partial charge in [0.15, 0.2) is 0 Å². The Hall–Kier alpha value is 0.103. The van der Waals surface area contributed by atoms with Crippen LogP contribution >= 0.6 is 0 Å². The first kappa shape index (κ1) is 6.10. The summed E-state index contributed by atoms with van der Waals surface area (Å²) in [5.41, 5.74) is 0. The molecule has 0 nitrogen and oxygen atoms in total. The van der Waals surface area contributed by atoms with Crippen LogP contribution in [0, 0.1) is 6.08 Å². The largest absolute Gasteiger partial charge is 0.273 e. The van der Waals surface area contributed by atoms with E-state index in [-0.39, 0.29) is 19.5 Å². The fourth-order valence-electron chi connectivity index (χ4n) is 0.340. The molecule has 0 unspecified atom stereocenters. The van der Waals surface area contributed by atoms with Gasteiger partial charge >= 0.3 is 0 Å². The van der Waals surface area contributed by atoms with E-state index in [1.165, 1.54) is 0 Å². The summed E-state index contributed by atoms with van der Waals surface area (Å²) in [6.45, 7) is 0. The maximum Gasteiger partial charge on any atom is 0 e. The molecule has 0 saturated carbocycles. The first-order valence-electron chi connectivity index (χ1n) is 1.72. The standard InChI is InChI=1S/C5H5.Rh/c1-2-4-5-3-1;/h1-3H,4H2;/q-1;. The molecular formula is C5H5Rh-. The second-order valence-electron chi connectivity index (χ2n) is 1.00. The van der Waals surface area contributed by atoms with Crippen molar-refractivity contribution in [2.45, 2.75) is 6.42 Å². The van der Waals surface area contributed by atoms with E-state index in [0.29, 0.717) is 0 Å². The van der Waals surface area contributed by atoms with Crippen LogP contribution in [0.4, 0.5) is 0 Å². The fraction of sp³-hybridized carbons (Fsp3) is 0.200. The van der Waals surface area contributed by atoms with Crippen LogP contribution in [0.25, 0.3) is 0 Å². The third kappa shape index (κ3) is 1.52. The molecule has 0 fully saturated rings. The van der Waals surface area contributed by atoms with Crippen LogP contribution in [-0.4, -0.2) is 0 Å². The van der Waals surface area contributed by atoms with Crippen LogP contribution in [0.15, 0.2) is 18.2 Å². The molecule has 0 spiro atoms. The van der Waals surface area contributed by atoms with Crippen molar-refractivity contribution in [1.29, 1.82) is 0 Å². The van der Waals surface area contributed by atoms with Crippen LogP contribution in [0.2, 0.25) is 0 Å². The first-order chi connectivity index (χ1) is 2.50. The monoisotopic (exact) mass is 168 g/mol. The van der Waals surface area contributed by atoms with E-state index in [1.54, 1.807) is 0 Å². The average molecular weight is 168 g/mol. The van der Waals surface area contributed by atoms with Crippen molar-refractivity contribution in [3.63, 3.8) is 0 Å². The predicted molar refractivity (Wildman–Crippen MR) is 21.6 cm³/mol. The van der Waals surface area contributed by atoms with E-state index >= 15 is 0 Å². The van der Waals surface area contributed by atoms with Crippen molar-refractivity contribution in [3.05, 3.63) is 24.3 Å². The molecule has 1 rings (SSSR count). The van der Waals surface area contributed by atoms with Gasteiger partial charge < -0.3 is 0 Å². The van der Waals surface area contributed by atoms with Gasteiger partial charge in [0.2, 0.25) is 0 Å². The van der Waals surface area contributed by atoms with Gasteiger partial charge in [0.1, 0.15) is 0 Å². The van der Waals surface area contributed by atoms with Gasteiger partial charge in [0.25, 0.3) is 0 Å². The summed E-state index contributed by atoms with van der Waals surface area (Å²) < 4.78 is 0. The van der Waals surface area contributed by atoms with Crippen molar-refractivity contribution in [2.75, 3.05) is 0 Å². The summed E-state index contributed by atoms with van der Waals surface area (Å²) in [5.74, 6) is 0. The minimum atomic E-state index is 0. The molecule has 1 radical (unpaired) electrons. The molecule has 0 bridgehead atoms. The average Bonchev–Trinajstić information content (AvgIpc) is 1.76. The molecular weight excluding hydrogens is 163 g/mol. The van der Waals surface area contributed by atoms with Gasteiger partial charge in [0, 0.05) is 19.5 Å². The Kier molecular flexibility index (Phi) is 3.36. The molecule has 0 aromatic carbocycles. The SMILES string of the molecule is [C-]1=CC=CC1.[Rh]. The zero-order chi connectivity index (χ0) is 3.54. The molecule has 1 heteroatoms. The number of hydrogen-bond acceptors (Lipinski definition) is 0. The van der Waals surface area contributed by atoms with Crippen molar-refractivity contribution in [1.82, 2.24) is 0 Å². The normalized spacial score (nSPS) is 14.7. The number of hydrogen-bond donors (Lipinski definition) is 0. The third-order valence-corrected chi connectivity index (χ3v) is 0.586. The fourth-order valence-corrected chi connectivity index (χ4v) is 0.340. The van der Waals surface area contributed by atoms with Crippen LogP contribution in [0.1, 0.15) is 6.42 Å². The van der Waals surface area contributed by atoms with E-state index in [4.69, 9.17) is 0 Å². The van der Waals surface area contributed by atoms with E-state index < -0.39 is 0 Å². The summed E-state index contributed by atoms with van der Waals surface area (Å²) in [5, 5.41) is 0. The molecule has 0 aliphatic heterocycles. The van der Waals surface area contributed by atoms with E-state index in [1.807, 2.05) is 12.2 Å². The Balaban J connectivity index is 0.000000250.